The Kier molecular flexibility index (Phi) is 10.5. The molecule has 0 aliphatic carbocycles. The van der Waals surface area contributed by atoms with Gasteiger partial charge in [-0.15, -0.1) is 0 Å². The Labute approximate surface area is 266 Å². The van der Waals surface area contributed by atoms with Crippen molar-refractivity contribution in [2.75, 3.05) is 20.2 Å². The lowest BCUT2D eigenvalue weighted by atomic mass is 10.0. The standard InChI is InChI=1S/C36H40F3NO6/c1-20(2)17-40(18-21(3)4)19-28-29(45-35(42)25-9-11-26(43-8)12-10-25)14-13-27-31(41)33(34(36(37,38)39)46-32(27)28)44-30-16-22(5)15-23(6)24(30)7/h9-16,20-21H,17-19H2,1-8H3. The summed E-state index contributed by atoms with van der Waals surface area (Å²) in [5.74, 6) is -2.16. The summed E-state index contributed by atoms with van der Waals surface area (Å²) in [5.41, 5.74) is 1.21. The number of alkyl halides is 3. The number of benzene rings is 3. The predicted molar refractivity (Wildman–Crippen MR) is 171 cm³/mol. The van der Waals surface area contributed by atoms with Crippen molar-refractivity contribution in [2.24, 2.45) is 11.8 Å². The van der Waals surface area contributed by atoms with Gasteiger partial charge in [0, 0.05) is 19.6 Å². The summed E-state index contributed by atoms with van der Waals surface area (Å²) in [6.45, 7) is 14.7. The Bertz CT molecular complexity index is 1760. The molecule has 0 amide bonds. The maximum Gasteiger partial charge on any atom is 0.453 e. The molecule has 0 radical (unpaired) electrons. The molecule has 246 valence electrons. The molecule has 10 heteroatoms. The zero-order valence-electron chi connectivity index (χ0n) is 27.4. The number of ether oxygens (including phenoxy) is 3. The van der Waals surface area contributed by atoms with E-state index in [2.05, 4.69) is 0 Å². The van der Waals surface area contributed by atoms with Crippen molar-refractivity contribution in [3.05, 3.63) is 92.3 Å². The van der Waals surface area contributed by atoms with Gasteiger partial charge in [-0.1, -0.05) is 33.8 Å². The molecule has 4 rings (SSSR count). The smallest absolute Gasteiger partial charge is 0.453 e. The van der Waals surface area contributed by atoms with Crippen molar-refractivity contribution in [3.63, 3.8) is 0 Å². The molecule has 3 aromatic carbocycles. The van der Waals surface area contributed by atoms with Gasteiger partial charge in [0.2, 0.25) is 11.2 Å². The molecule has 0 aliphatic heterocycles. The molecule has 0 atom stereocenters. The average molecular weight is 640 g/mol. The van der Waals surface area contributed by atoms with E-state index < -0.39 is 29.1 Å². The summed E-state index contributed by atoms with van der Waals surface area (Å²) < 4.78 is 66.2. The maximum absolute atomic E-state index is 14.6. The molecule has 0 spiro atoms. The number of halogens is 3. The molecule has 0 aliphatic rings. The van der Waals surface area contributed by atoms with Crippen molar-refractivity contribution < 1.29 is 36.6 Å². The highest BCUT2D eigenvalue weighted by Crippen LogP contribution is 2.41. The van der Waals surface area contributed by atoms with E-state index in [1.54, 1.807) is 32.0 Å². The molecule has 46 heavy (non-hydrogen) atoms. The highest BCUT2D eigenvalue weighted by atomic mass is 19.4. The molecule has 0 fully saturated rings. The number of hydrogen-bond donors (Lipinski definition) is 0. The normalized spacial score (nSPS) is 12.0. The van der Waals surface area contributed by atoms with Crippen LogP contribution >= 0.6 is 0 Å². The third-order valence-corrected chi connectivity index (χ3v) is 7.47. The number of hydrogen-bond acceptors (Lipinski definition) is 7. The third-order valence-electron chi connectivity index (χ3n) is 7.47. The molecule has 0 saturated carbocycles. The fourth-order valence-corrected chi connectivity index (χ4v) is 5.37. The fraction of sp³-hybridized carbons (Fsp3) is 0.389. The number of fused-ring (bicyclic) bond motifs is 1. The Morgan fingerprint density at radius 3 is 2.11 bits per heavy atom. The minimum absolute atomic E-state index is 0.0130. The van der Waals surface area contributed by atoms with E-state index >= 15 is 0 Å². The number of methoxy groups -OCH3 is 1. The molecular formula is C36H40F3NO6. The molecule has 0 saturated heterocycles. The van der Waals surface area contributed by atoms with Crippen molar-refractivity contribution >= 4 is 16.9 Å². The van der Waals surface area contributed by atoms with Crippen LogP contribution in [-0.4, -0.2) is 31.1 Å². The van der Waals surface area contributed by atoms with Crippen LogP contribution in [0.1, 0.15) is 66.1 Å². The van der Waals surface area contributed by atoms with Gasteiger partial charge < -0.3 is 18.6 Å². The summed E-state index contributed by atoms with van der Waals surface area (Å²) in [7, 11) is 1.50. The van der Waals surface area contributed by atoms with Crippen LogP contribution < -0.4 is 19.6 Å². The van der Waals surface area contributed by atoms with Gasteiger partial charge in [-0.25, -0.2) is 4.79 Å². The van der Waals surface area contributed by atoms with E-state index in [1.165, 1.54) is 31.4 Å². The van der Waals surface area contributed by atoms with E-state index in [1.807, 2.05) is 45.6 Å². The largest absolute Gasteiger partial charge is 0.497 e. The number of carbonyl (C=O) groups is 1. The zero-order chi connectivity index (χ0) is 33.9. The van der Waals surface area contributed by atoms with Crippen molar-refractivity contribution in [2.45, 2.75) is 61.2 Å². The van der Waals surface area contributed by atoms with Gasteiger partial charge in [0.15, 0.2) is 0 Å². The number of rotatable bonds is 11. The quantitative estimate of drug-likeness (QED) is 0.120. The van der Waals surface area contributed by atoms with Crippen molar-refractivity contribution in [1.29, 1.82) is 0 Å². The first-order valence-corrected chi connectivity index (χ1v) is 15.1. The Balaban J connectivity index is 1.94. The minimum Gasteiger partial charge on any atom is -0.497 e. The van der Waals surface area contributed by atoms with Gasteiger partial charge >= 0.3 is 12.1 Å². The minimum atomic E-state index is -5.07. The second-order valence-corrected chi connectivity index (χ2v) is 12.4. The van der Waals surface area contributed by atoms with Crippen LogP contribution in [0, 0.1) is 32.6 Å². The van der Waals surface area contributed by atoms with Crippen molar-refractivity contribution in [1.82, 2.24) is 4.90 Å². The summed E-state index contributed by atoms with van der Waals surface area (Å²) in [6, 6.07) is 12.4. The van der Waals surface area contributed by atoms with Crippen molar-refractivity contribution in [3.8, 4) is 23.0 Å². The molecule has 1 aromatic heterocycles. The Morgan fingerprint density at radius 1 is 0.913 bits per heavy atom. The van der Waals surface area contributed by atoms with Gasteiger partial charge in [-0.3, -0.25) is 9.69 Å². The Morgan fingerprint density at radius 2 is 1.54 bits per heavy atom. The molecule has 0 unspecified atom stereocenters. The zero-order valence-corrected chi connectivity index (χ0v) is 27.4. The number of nitrogens with zero attached hydrogens (tertiary/aromatic N) is 1. The first-order chi connectivity index (χ1) is 21.6. The summed E-state index contributed by atoms with van der Waals surface area (Å²) in [5, 5.41) is -0.127. The first-order valence-electron chi connectivity index (χ1n) is 15.1. The summed E-state index contributed by atoms with van der Waals surface area (Å²) in [4.78, 5) is 29.1. The summed E-state index contributed by atoms with van der Waals surface area (Å²) in [6.07, 6.45) is -5.07. The third kappa shape index (κ3) is 7.91. The second kappa shape index (κ2) is 14.0. The van der Waals surface area contributed by atoms with E-state index in [4.69, 9.17) is 18.6 Å². The molecule has 1 heterocycles. The van der Waals surface area contributed by atoms with E-state index in [-0.39, 0.29) is 52.0 Å². The fourth-order valence-electron chi connectivity index (χ4n) is 5.37. The van der Waals surface area contributed by atoms with Gasteiger partial charge in [-0.2, -0.15) is 13.2 Å². The topological polar surface area (TPSA) is 78.2 Å². The predicted octanol–water partition coefficient (Wildman–Crippen LogP) is 8.87. The second-order valence-electron chi connectivity index (χ2n) is 12.4. The van der Waals surface area contributed by atoms with Gasteiger partial charge in [0.05, 0.1) is 23.6 Å². The van der Waals surface area contributed by atoms with E-state index in [0.29, 0.717) is 24.4 Å². The van der Waals surface area contributed by atoms with Crippen LogP contribution in [0.15, 0.2) is 57.7 Å². The SMILES string of the molecule is COc1ccc(C(=O)Oc2ccc3c(=O)c(Oc4cc(C)cc(C)c4C)c(C(F)(F)F)oc3c2CN(CC(C)C)CC(C)C)cc1. The van der Waals surface area contributed by atoms with Crippen LogP contribution in [0.4, 0.5) is 13.2 Å². The lowest BCUT2D eigenvalue weighted by Crippen LogP contribution is -2.31. The van der Waals surface area contributed by atoms with Crippen LogP contribution in [-0.2, 0) is 12.7 Å². The van der Waals surface area contributed by atoms with Crippen LogP contribution in [0.3, 0.4) is 0 Å². The van der Waals surface area contributed by atoms with E-state index in [0.717, 1.165) is 11.1 Å². The van der Waals surface area contributed by atoms with E-state index in [9.17, 15) is 22.8 Å². The first kappa shape index (κ1) is 34.6. The number of aryl methyl sites for hydroxylation is 2. The molecule has 4 aromatic rings. The van der Waals surface area contributed by atoms with Crippen LogP contribution in [0.2, 0.25) is 0 Å². The highest BCUT2D eigenvalue weighted by Gasteiger charge is 2.41. The van der Waals surface area contributed by atoms with Gasteiger partial charge in [0.25, 0.3) is 5.76 Å². The molecule has 0 N–H and O–H groups in total. The lowest BCUT2D eigenvalue weighted by Gasteiger charge is -2.27. The monoisotopic (exact) mass is 639 g/mol. The van der Waals surface area contributed by atoms with Crippen LogP contribution in [0.25, 0.3) is 11.0 Å². The highest BCUT2D eigenvalue weighted by molar-refractivity contribution is 5.92. The number of esters is 1. The lowest BCUT2D eigenvalue weighted by molar-refractivity contribution is -0.154. The molecule has 7 nitrogen and oxygen atoms in total. The molecular weight excluding hydrogens is 599 g/mol. The van der Waals surface area contributed by atoms with Gasteiger partial charge in [0.1, 0.15) is 22.8 Å². The maximum atomic E-state index is 14.6. The van der Waals surface area contributed by atoms with Crippen LogP contribution in [0.5, 0.6) is 23.0 Å². The van der Waals surface area contributed by atoms with Gasteiger partial charge in [-0.05, 0) is 91.8 Å². The average Bonchev–Trinajstić information content (AvgIpc) is 2.96. The number of carbonyl (C=O) groups excluding carboxylic acids is 1. The summed E-state index contributed by atoms with van der Waals surface area (Å²) >= 11 is 0. The Hall–Kier alpha value is -4.31. The molecule has 0 bridgehead atoms.